The Morgan fingerprint density at radius 1 is 0.946 bits per heavy atom. The summed E-state index contributed by atoms with van der Waals surface area (Å²) < 4.78 is 9.12. The molecule has 6 aromatic rings. The van der Waals surface area contributed by atoms with Crippen LogP contribution in [0.25, 0.3) is 33.7 Å². The van der Waals surface area contributed by atoms with E-state index < -0.39 is 0 Å². The number of nitrogens with one attached hydrogen (secondary N) is 1. The summed E-state index contributed by atoms with van der Waals surface area (Å²) >= 11 is 0. The molecular weight excluding hydrogens is 466 g/mol. The van der Waals surface area contributed by atoms with Gasteiger partial charge in [0, 0.05) is 35.9 Å². The van der Waals surface area contributed by atoms with Crippen LogP contribution in [0.3, 0.4) is 0 Å². The average molecular weight is 492 g/mol. The Labute approximate surface area is 212 Å². The number of aromatic nitrogens is 6. The number of methoxy groups -OCH3 is 1. The van der Waals surface area contributed by atoms with Crippen molar-refractivity contribution in [3.05, 3.63) is 90.3 Å². The van der Waals surface area contributed by atoms with Gasteiger partial charge in [0.1, 0.15) is 11.6 Å². The van der Waals surface area contributed by atoms with E-state index in [1.54, 1.807) is 11.6 Å². The molecule has 1 N–H and O–H groups in total. The quantitative estimate of drug-likeness (QED) is 0.342. The molecule has 6 rings (SSSR count). The first-order valence-electron chi connectivity index (χ1n) is 12.2. The normalized spacial score (nSPS) is 11.4. The smallest absolute Gasteiger partial charge is 0.258 e. The number of carbonyl (C=O) groups excluding carboxylic acids is 1. The van der Waals surface area contributed by atoms with Gasteiger partial charge in [0.15, 0.2) is 11.5 Å². The molecule has 0 bridgehead atoms. The molecule has 0 saturated heterocycles. The van der Waals surface area contributed by atoms with E-state index in [1.807, 2.05) is 83.3 Å². The minimum absolute atomic E-state index is 0.0178. The van der Waals surface area contributed by atoms with Gasteiger partial charge in [0.25, 0.3) is 5.78 Å². The van der Waals surface area contributed by atoms with E-state index in [9.17, 15) is 4.79 Å². The topological polar surface area (TPSA) is 98.7 Å². The number of ether oxygens (including phenoxy) is 1. The number of aryl methyl sites for hydroxylation is 1. The Balaban J connectivity index is 1.25. The molecule has 9 heteroatoms. The number of rotatable bonds is 8. The van der Waals surface area contributed by atoms with Crippen LogP contribution in [0, 0.1) is 0 Å². The molecule has 9 nitrogen and oxygen atoms in total. The summed E-state index contributed by atoms with van der Waals surface area (Å²) in [7, 11) is 1.63. The van der Waals surface area contributed by atoms with Gasteiger partial charge < -0.3 is 10.1 Å². The fourth-order valence-corrected chi connectivity index (χ4v) is 4.58. The molecule has 0 unspecified atom stereocenters. The maximum absolute atomic E-state index is 12.5. The van der Waals surface area contributed by atoms with Crippen LogP contribution in [-0.4, -0.2) is 42.2 Å². The zero-order valence-corrected chi connectivity index (χ0v) is 20.3. The lowest BCUT2D eigenvalue weighted by molar-refractivity contribution is -0.121. The Morgan fingerprint density at radius 3 is 2.59 bits per heavy atom. The molecule has 3 heterocycles. The van der Waals surface area contributed by atoms with Crippen molar-refractivity contribution in [1.29, 1.82) is 0 Å². The third-order valence-electron chi connectivity index (χ3n) is 6.40. The zero-order chi connectivity index (χ0) is 25.2. The zero-order valence-electron chi connectivity index (χ0n) is 20.3. The number of carbonyl (C=O) groups is 1. The van der Waals surface area contributed by atoms with Gasteiger partial charge in [-0.15, -0.1) is 15.3 Å². The highest BCUT2D eigenvalue weighted by atomic mass is 16.5. The molecule has 3 aromatic heterocycles. The van der Waals surface area contributed by atoms with E-state index in [0.717, 1.165) is 39.3 Å². The molecule has 0 aliphatic carbocycles. The van der Waals surface area contributed by atoms with Gasteiger partial charge in [0.05, 0.1) is 12.6 Å². The molecule has 0 spiro atoms. The maximum atomic E-state index is 12.5. The Kier molecular flexibility index (Phi) is 5.94. The monoisotopic (exact) mass is 491 g/mol. The molecule has 0 fully saturated rings. The lowest BCUT2D eigenvalue weighted by atomic mass is 10.2. The largest absolute Gasteiger partial charge is 0.496 e. The van der Waals surface area contributed by atoms with Gasteiger partial charge in [-0.2, -0.15) is 4.52 Å². The van der Waals surface area contributed by atoms with Gasteiger partial charge in [-0.3, -0.25) is 9.20 Å². The van der Waals surface area contributed by atoms with Crippen molar-refractivity contribution in [2.75, 3.05) is 7.11 Å². The summed E-state index contributed by atoms with van der Waals surface area (Å²) in [5.74, 6) is 2.76. The van der Waals surface area contributed by atoms with Crippen molar-refractivity contribution in [3.63, 3.8) is 0 Å². The summed E-state index contributed by atoms with van der Waals surface area (Å²) in [6.07, 6.45) is 1.61. The molecule has 0 saturated carbocycles. The van der Waals surface area contributed by atoms with Crippen molar-refractivity contribution in [2.45, 2.75) is 25.8 Å². The second kappa shape index (κ2) is 9.69. The van der Waals surface area contributed by atoms with Crippen LogP contribution in [0.2, 0.25) is 0 Å². The van der Waals surface area contributed by atoms with Crippen molar-refractivity contribution < 1.29 is 9.53 Å². The fraction of sp³-hybridized carbons (Fsp3) is 0.179. The number of hydrogen-bond donors (Lipinski definition) is 1. The van der Waals surface area contributed by atoms with Crippen LogP contribution < -0.4 is 10.1 Å². The standard InChI is InChI=1S/C28H25N7O2/c1-37-23-15-8-5-12-20(23)18-29-25(36)17-9-16-24-31-32-28-34(24)22-14-7-6-13-21(22)27-30-26(33-35(27)28)19-10-3-2-4-11-19/h2-8,10-15H,9,16-18H2,1H3,(H,29,36). The Bertz CT molecular complexity index is 1720. The van der Waals surface area contributed by atoms with Crippen molar-refractivity contribution in [1.82, 2.24) is 34.5 Å². The molecule has 3 aromatic carbocycles. The Hall–Kier alpha value is -4.79. The SMILES string of the molecule is COc1ccccc1CNC(=O)CCCc1nnc2n3nc(-c4ccccc4)nc3c3ccccc3n12. The molecule has 0 aliphatic heterocycles. The highest BCUT2D eigenvalue weighted by Crippen LogP contribution is 2.25. The summed E-state index contributed by atoms with van der Waals surface area (Å²) in [6, 6.07) is 25.6. The van der Waals surface area contributed by atoms with Crippen LogP contribution in [-0.2, 0) is 17.8 Å². The van der Waals surface area contributed by atoms with Crippen LogP contribution in [0.1, 0.15) is 24.2 Å². The first kappa shape index (κ1) is 22.7. The van der Waals surface area contributed by atoms with E-state index in [1.165, 1.54) is 0 Å². The van der Waals surface area contributed by atoms with E-state index >= 15 is 0 Å². The number of para-hydroxylation sites is 2. The lowest BCUT2D eigenvalue weighted by Crippen LogP contribution is -2.22. The third-order valence-corrected chi connectivity index (χ3v) is 6.40. The van der Waals surface area contributed by atoms with Gasteiger partial charge in [-0.1, -0.05) is 60.7 Å². The predicted molar refractivity (Wildman–Crippen MR) is 140 cm³/mol. The van der Waals surface area contributed by atoms with Crippen LogP contribution >= 0.6 is 0 Å². The molecule has 184 valence electrons. The lowest BCUT2D eigenvalue weighted by Gasteiger charge is -2.09. The first-order chi connectivity index (χ1) is 18.2. The highest BCUT2D eigenvalue weighted by Gasteiger charge is 2.18. The molecule has 1 amide bonds. The van der Waals surface area contributed by atoms with E-state index in [-0.39, 0.29) is 5.91 Å². The van der Waals surface area contributed by atoms with Gasteiger partial charge >= 0.3 is 0 Å². The molecule has 37 heavy (non-hydrogen) atoms. The van der Waals surface area contributed by atoms with Crippen LogP contribution in [0.5, 0.6) is 5.75 Å². The molecular formula is C28H25N7O2. The third kappa shape index (κ3) is 4.24. The van der Waals surface area contributed by atoms with Gasteiger partial charge in [-0.25, -0.2) is 4.98 Å². The maximum Gasteiger partial charge on any atom is 0.258 e. The number of benzene rings is 3. The van der Waals surface area contributed by atoms with Gasteiger partial charge in [-0.05, 0) is 24.6 Å². The molecule has 0 aliphatic rings. The number of hydrogen-bond acceptors (Lipinski definition) is 6. The number of nitrogens with zero attached hydrogens (tertiary/aromatic N) is 6. The van der Waals surface area contributed by atoms with E-state index in [2.05, 4.69) is 15.5 Å². The summed E-state index contributed by atoms with van der Waals surface area (Å²) in [6.45, 7) is 0.426. The minimum Gasteiger partial charge on any atom is -0.496 e. The summed E-state index contributed by atoms with van der Waals surface area (Å²) in [5.41, 5.74) is 3.57. The van der Waals surface area contributed by atoms with Crippen LogP contribution in [0.15, 0.2) is 78.9 Å². The van der Waals surface area contributed by atoms with Crippen molar-refractivity contribution in [3.8, 4) is 17.1 Å². The predicted octanol–water partition coefficient (Wildman–Crippen LogP) is 4.24. The van der Waals surface area contributed by atoms with Crippen molar-refractivity contribution >= 4 is 28.2 Å². The Morgan fingerprint density at radius 2 is 1.73 bits per heavy atom. The van der Waals surface area contributed by atoms with Crippen LogP contribution in [0.4, 0.5) is 0 Å². The second-order valence-corrected chi connectivity index (χ2v) is 8.75. The summed E-state index contributed by atoms with van der Waals surface area (Å²) in [4.78, 5) is 17.3. The molecule has 0 radical (unpaired) electrons. The summed E-state index contributed by atoms with van der Waals surface area (Å²) in [5, 5.41) is 17.6. The average Bonchev–Trinajstić information content (AvgIpc) is 3.58. The van der Waals surface area contributed by atoms with Gasteiger partial charge in [0.2, 0.25) is 5.91 Å². The van der Waals surface area contributed by atoms with Crippen molar-refractivity contribution in [2.24, 2.45) is 0 Å². The number of fused-ring (bicyclic) bond motifs is 6. The second-order valence-electron chi connectivity index (χ2n) is 8.75. The highest BCUT2D eigenvalue weighted by molar-refractivity contribution is 5.94. The molecule has 0 atom stereocenters. The fourth-order valence-electron chi connectivity index (χ4n) is 4.58. The van der Waals surface area contributed by atoms with E-state index in [4.69, 9.17) is 14.8 Å². The first-order valence-corrected chi connectivity index (χ1v) is 12.2. The number of amides is 1. The minimum atomic E-state index is -0.0178. The van der Waals surface area contributed by atoms with E-state index in [0.29, 0.717) is 37.4 Å².